The van der Waals surface area contributed by atoms with E-state index in [-0.39, 0.29) is 23.3 Å². The predicted molar refractivity (Wildman–Crippen MR) is 106 cm³/mol. The highest BCUT2D eigenvalue weighted by molar-refractivity contribution is 5.79. The molecule has 7 heteroatoms. The fraction of sp³-hybridized carbons (Fsp3) is 0.762. The number of likely N-dealkylation sites (tertiary alicyclic amines) is 1. The van der Waals surface area contributed by atoms with E-state index in [1.165, 1.54) is 0 Å². The molecule has 0 spiro atoms. The first kappa shape index (κ1) is 19.6. The number of carbonyl (C=O) groups is 1. The van der Waals surface area contributed by atoms with Gasteiger partial charge in [0.2, 0.25) is 5.91 Å². The van der Waals surface area contributed by atoms with E-state index in [4.69, 9.17) is 9.72 Å². The summed E-state index contributed by atoms with van der Waals surface area (Å²) in [6.45, 7) is 3.09. The molecule has 2 aliphatic heterocycles. The predicted octanol–water partition coefficient (Wildman–Crippen LogP) is 1.67. The first-order valence-corrected chi connectivity index (χ1v) is 10.7. The SMILES string of the molecule is COC1CCC(C(=O)N2CCCC(c3nc4c(c(=O)[nH]3)CN(C)CC4)C2)CC1. The van der Waals surface area contributed by atoms with Crippen molar-refractivity contribution in [3.63, 3.8) is 0 Å². The van der Waals surface area contributed by atoms with Crippen LogP contribution in [-0.4, -0.2) is 65.6 Å². The molecule has 28 heavy (non-hydrogen) atoms. The number of carbonyl (C=O) groups excluding carboxylic acids is 1. The molecule has 0 aromatic carbocycles. The fourth-order valence-electron chi connectivity index (χ4n) is 4.98. The van der Waals surface area contributed by atoms with Crippen LogP contribution in [0.4, 0.5) is 0 Å². The molecule has 3 aliphatic rings. The number of aromatic amines is 1. The molecule has 1 saturated heterocycles. The van der Waals surface area contributed by atoms with Gasteiger partial charge in [0.25, 0.3) is 5.56 Å². The van der Waals surface area contributed by atoms with E-state index >= 15 is 0 Å². The van der Waals surface area contributed by atoms with Crippen LogP contribution in [0.25, 0.3) is 0 Å². The van der Waals surface area contributed by atoms with Crippen LogP contribution in [0.15, 0.2) is 4.79 Å². The van der Waals surface area contributed by atoms with Gasteiger partial charge in [0, 0.05) is 51.5 Å². The highest BCUT2D eigenvalue weighted by Gasteiger charge is 2.33. The Hall–Kier alpha value is -1.73. The maximum Gasteiger partial charge on any atom is 0.255 e. The Morgan fingerprint density at radius 2 is 1.96 bits per heavy atom. The summed E-state index contributed by atoms with van der Waals surface area (Å²) in [5.74, 6) is 1.30. The Kier molecular flexibility index (Phi) is 5.83. The lowest BCUT2D eigenvalue weighted by Gasteiger charge is -2.36. The van der Waals surface area contributed by atoms with Gasteiger partial charge in [-0.05, 0) is 45.6 Å². The average Bonchev–Trinajstić information content (AvgIpc) is 2.74. The van der Waals surface area contributed by atoms with Crippen molar-refractivity contribution in [1.82, 2.24) is 19.8 Å². The third-order valence-corrected chi connectivity index (χ3v) is 6.75. The number of methoxy groups -OCH3 is 1. The molecule has 1 unspecified atom stereocenters. The lowest BCUT2D eigenvalue weighted by atomic mass is 9.85. The molecule has 0 radical (unpaired) electrons. The van der Waals surface area contributed by atoms with Crippen molar-refractivity contribution in [3.05, 3.63) is 27.4 Å². The number of fused-ring (bicyclic) bond motifs is 1. The van der Waals surface area contributed by atoms with Crippen LogP contribution < -0.4 is 5.56 Å². The number of ether oxygens (including phenoxy) is 1. The van der Waals surface area contributed by atoms with Gasteiger partial charge in [0.05, 0.1) is 17.4 Å². The van der Waals surface area contributed by atoms with Crippen molar-refractivity contribution >= 4 is 5.91 Å². The number of amides is 1. The van der Waals surface area contributed by atoms with Gasteiger partial charge < -0.3 is 19.5 Å². The van der Waals surface area contributed by atoms with Gasteiger partial charge in [-0.25, -0.2) is 4.98 Å². The molecule has 3 heterocycles. The smallest absolute Gasteiger partial charge is 0.255 e. The van der Waals surface area contributed by atoms with Gasteiger partial charge in [0.1, 0.15) is 5.82 Å². The molecule has 154 valence electrons. The number of piperidine rings is 1. The summed E-state index contributed by atoms with van der Waals surface area (Å²) in [6.07, 6.45) is 6.84. The van der Waals surface area contributed by atoms with Crippen molar-refractivity contribution in [2.75, 3.05) is 33.8 Å². The Bertz CT molecular complexity index is 769. The summed E-state index contributed by atoms with van der Waals surface area (Å²) in [6, 6.07) is 0. The first-order valence-electron chi connectivity index (χ1n) is 10.7. The monoisotopic (exact) mass is 388 g/mol. The molecule has 2 fully saturated rings. The minimum Gasteiger partial charge on any atom is -0.381 e. The van der Waals surface area contributed by atoms with Gasteiger partial charge in [-0.3, -0.25) is 9.59 Å². The number of hydrogen-bond donors (Lipinski definition) is 1. The molecule has 1 N–H and O–H groups in total. The number of nitrogens with zero attached hydrogens (tertiary/aromatic N) is 3. The van der Waals surface area contributed by atoms with Crippen LogP contribution in [0, 0.1) is 5.92 Å². The second kappa shape index (κ2) is 8.33. The number of H-pyrrole nitrogens is 1. The van der Waals surface area contributed by atoms with Gasteiger partial charge >= 0.3 is 0 Å². The lowest BCUT2D eigenvalue weighted by molar-refractivity contribution is -0.138. The summed E-state index contributed by atoms with van der Waals surface area (Å²) in [5.41, 5.74) is 1.74. The minimum absolute atomic E-state index is 0.00659. The van der Waals surface area contributed by atoms with Crippen molar-refractivity contribution in [2.45, 2.75) is 63.5 Å². The Morgan fingerprint density at radius 3 is 2.71 bits per heavy atom. The maximum absolute atomic E-state index is 13.0. The van der Waals surface area contributed by atoms with Crippen LogP contribution >= 0.6 is 0 Å². The fourth-order valence-corrected chi connectivity index (χ4v) is 4.98. The maximum atomic E-state index is 13.0. The van der Waals surface area contributed by atoms with Gasteiger partial charge in [0.15, 0.2) is 0 Å². The van der Waals surface area contributed by atoms with Crippen LogP contribution in [0.5, 0.6) is 0 Å². The molecular formula is C21H32N4O3. The third kappa shape index (κ3) is 4.01. The highest BCUT2D eigenvalue weighted by Crippen LogP contribution is 2.31. The van der Waals surface area contributed by atoms with Crippen molar-refractivity contribution in [2.24, 2.45) is 5.92 Å². The molecule has 4 rings (SSSR count). The van der Waals surface area contributed by atoms with Crippen LogP contribution in [0.3, 0.4) is 0 Å². The quantitative estimate of drug-likeness (QED) is 0.852. The van der Waals surface area contributed by atoms with Crippen LogP contribution in [0.1, 0.15) is 61.5 Å². The number of aromatic nitrogens is 2. The van der Waals surface area contributed by atoms with E-state index in [1.807, 2.05) is 11.9 Å². The number of likely N-dealkylation sites (N-methyl/N-ethyl adjacent to an activating group) is 1. The zero-order valence-electron chi connectivity index (χ0n) is 17.1. The lowest BCUT2D eigenvalue weighted by Crippen LogP contribution is -2.44. The topological polar surface area (TPSA) is 78.5 Å². The van der Waals surface area contributed by atoms with E-state index in [0.29, 0.717) is 19.2 Å². The summed E-state index contributed by atoms with van der Waals surface area (Å²) in [4.78, 5) is 37.6. The Balaban J connectivity index is 1.45. The normalized spacial score (nSPS) is 28.8. The second-order valence-corrected chi connectivity index (χ2v) is 8.70. The molecular weight excluding hydrogens is 356 g/mol. The summed E-state index contributed by atoms with van der Waals surface area (Å²) >= 11 is 0. The molecule has 1 amide bonds. The standard InChI is InChI=1S/C21H32N4O3/c1-24-11-9-18-17(13-24)20(26)23-19(22-18)15-4-3-10-25(12-15)21(27)14-5-7-16(28-2)8-6-14/h14-16H,3-13H2,1-2H3,(H,22,23,26). The molecule has 1 aliphatic carbocycles. The Labute approximate surface area is 166 Å². The molecule has 1 aromatic heterocycles. The van der Waals surface area contributed by atoms with Gasteiger partial charge in [-0.2, -0.15) is 0 Å². The number of hydrogen-bond acceptors (Lipinski definition) is 5. The van der Waals surface area contributed by atoms with Crippen LogP contribution in [-0.2, 0) is 22.5 Å². The average molecular weight is 389 g/mol. The molecule has 1 saturated carbocycles. The van der Waals surface area contributed by atoms with E-state index in [9.17, 15) is 9.59 Å². The third-order valence-electron chi connectivity index (χ3n) is 6.75. The number of nitrogens with one attached hydrogen (secondary N) is 1. The molecule has 0 bridgehead atoms. The summed E-state index contributed by atoms with van der Waals surface area (Å²) < 4.78 is 5.43. The van der Waals surface area contributed by atoms with Crippen molar-refractivity contribution in [3.8, 4) is 0 Å². The van der Waals surface area contributed by atoms with E-state index in [0.717, 1.165) is 75.1 Å². The van der Waals surface area contributed by atoms with Crippen molar-refractivity contribution in [1.29, 1.82) is 0 Å². The van der Waals surface area contributed by atoms with Gasteiger partial charge in [-0.15, -0.1) is 0 Å². The summed E-state index contributed by atoms with van der Waals surface area (Å²) in [5, 5.41) is 0. The van der Waals surface area contributed by atoms with Gasteiger partial charge in [-0.1, -0.05) is 0 Å². The first-order chi connectivity index (χ1) is 13.5. The largest absolute Gasteiger partial charge is 0.381 e. The summed E-state index contributed by atoms with van der Waals surface area (Å²) in [7, 11) is 3.79. The molecule has 7 nitrogen and oxygen atoms in total. The molecule has 1 aromatic rings. The van der Waals surface area contributed by atoms with Crippen LogP contribution in [0.2, 0.25) is 0 Å². The number of rotatable bonds is 3. The minimum atomic E-state index is -0.00659. The Morgan fingerprint density at radius 1 is 1.18 bits per heavy atom. The van der Waals surface area contributed by atoms with Crippen molar-refractivity contribution < 1.29 is 9.53 Å². The zero-order chi connectivity index (χ0) is 19.7. The van der Waals surface area contributed by atoms with E-state index in [2.05, 4.69) is 9.88 Å². The highest BCUT2D eigenvalue weighted by atomic mass is 16.5. The zero-order valence-corrected chi connectivity index (χ0v) is 17.1. The second-order valence-electron chi connectivity index (χ2n) is 8.70. The molecule has 1 atom stereocenters. The van der Waals surface area contributed by atoms with E-state index < -0.39 is 0 Å². The van der Waals surface area contributed by atoms with E-state index in [1.54, 1.807) is 7.11 Å².